The number of carbonyl (C=O) groups excluding carboxylic acids is 2. The predicted molar refractivity (Wildman–Crippen MR) is 81.4 cm³/mol. The van der Waals surface area contributed by atoms with Crippen LogP contribution in [0.5, 0.6) is 0 Å². The van der Waals surface area contributed by atoms with Crippen LogP contribution in [0.1, 0.15) is 39.0 Å². The molecule has 0 unspecified atom stereocenters. The SMILES string of the molecule is CC(=O)NCC1CCN(C(=O)C[C@@H]2C[C@@H]3C=C[C@H]2C3)CC1. The molecule has 2 bridgehead atoms. The molecule has 4 heteroatoms. The Morgan fingerprint density at radius 2 is 1.95 bits per heavy atom. The van der Waals surface area contributed by atoms with Crippen molar-refractivity contribution in [1.29, 1.82) is 0 Å². The number of nitrogens with zero attached hydrogens (tertiary/aromatic N) is 1. The van der Waals surface area contributed by atoms with Gasteiger partial charge in [-0.1, -0.05) is 12.2 Å². The van der Waals surface area contributed by atoms with Crippen molar-refractivity contribution >= 4 is 11.8 Å². The van der Waals surface area contributed by atoms with Crippen molar-refractivity contribution in [3.63, 3.8) is 0 Å². The molecule has 2 amide bonds. The Kier molecular flexibility index (Phi) is 4.32. The highest BCUT2D eigenvalue weighted by atomic mass is 16.2. The average Bonchev–Trinajstić information content (AvgIpc) is 3.08. The van der Waals surface area contributed by atoms with E-state index in [0.717, 1.165) is 44.8 Å². The number of carbonyl (C=O) groups is 2. The van der Waals surface area contributed by atoms with E-state index in [-0.39, 0.29) is 5.91 Å². The molecule has 0 aromatic carbocycles. The lowest BCUT2D eigenvalue weighted by Gasteiger charge is -2.33. The molecule has 1 saturated heterocycles. The lowest BCUT2D eigenvalue weighted by molar-refractivity contribution is -0.134. The summed E-state index contributed by atoms with van der Waals surface area (Å²) in [6, 6.07) is 0. The minimum atomic E-state index is 0.0397. The second-order valence-corrected chi connectivity index (χ2v) is 7.01. The van der Waals surface area contributed by atoms with E-state index in [2.05, 4.69) is 17.5 Å². The van der Waals surface area contributed by atoms with Crippen LogP contribution in [0.4, 0.5) is 0 Å². The van der Waals surface area contributed by atoms with E-state index in [1.807, 2.05) is 4.90 Å². The molecule has 1 saturated carbocycles. The molecular formula is C17H26N2O2. The Hall–Kier alpha value is -1.32. The van der Waals surface area contributed by atoms with E-state index in [9.17, 15) is 9.59 Å². The van der Waals surface area contributed by atoms with E-state index in [0.29, 0.717) is 23.7 Å². The van der Waals surface area contributed by atoms with Crippen LogP contribution in [0, 0.1) is 23.7 Å². The highest BCUT2D eigenvalue weighted by Gasteiger charge is 2.37. The molecule has 116 valence electrons. The summed E-state index contributed by atoms with van der Waals surface area (Å²) < 4.78 is 0. The van der Waals surface area contributed by atoms with Crippen LogP contribution in [-0.2, 0) is 9.59 Å². The molecule has 0 radical (unpaired) electrons. The van der Waals surface area contributed by atoms with E-state index in [1.54, 1.807) is 6.92 Å². The minimum Gasteiger partial charge on any atom is -0.356 e. The van der Waals surface area contributed by atoms with Crippen molar-refractivity contribution in [3.8, 4) is 0 Å². The average molecular weight is 290 g/mol. The Morgan fingerprint density at radius 3 is 2.52 bits per heavy atom. The molecule has 4 nitrogen and oxygen atoms in total. The summed E-state index contributed by atoms with van der Waals surface area (Å²) in [6.45, 7) is 4.04. The van der Waals surface area contributed by atoms with Crippen LogP contribution in [0.25, 0.3) is 0 Å². The van der Waals surface area contributed by atoms with Crippen molar-refractivity contribution < 1.29 is 9.59 Å². The largest absolute Gasteiger partial charge is 0.356 e. The van der Waals surface area contributed by atoms with Crippen LogP contribution < -0.4 is 5.32 Å². The van der Waals surface area contributed by atoms with Gasteiger partial charge in [0.25, 0.3) is 0 Å². The van der Waals surface area contributed by atoms with Crippen LogP contribution in [0.2, 0.25) is 0 Å². The third-order valence-corrected chi connectivity index (χ3v) is 5.46. The third-order valence-electron chi connectivity index (χ3n) is 5.46. The molecule has 3 atom stereocenters. The van der Waals surface area contributed by atoms with E-state index in [4.69, 9.17) is 0 Å². The van der Waals surface area contributed by atoms with E-state index in [1.165, 1.54) is 12.8 Å². The smallest absolute Gasteiger partial charge is 0.222 e. The fourth-order valence-electron chi connectivity index (χ4n) is 4.16. The third kappa shape index (κ3) is 3.47. The first kappa shape index (κ1) is 14.6. The van der Waals surface area contributed by atoms with Gasteiger partial charge in [0.1, 0.15) is 0 Å². The van der Waals surface area contributed by atoms with Crippen LogP contribution in [-0.4, -0.2) is 36.3 Å². The molecule has 0 aromatic heterocycles. The first-order valence-corrected chi connectivity index (χ1v) is 8.32. The van der Waals surface area contributed by atoms with Crippen molar-refractivity contribution in [2.24, 2.45) is 23.7 Å². The van der Waals surface area contributed by atoms with Gasteiger partial charge in [-0.15, -0.1) is 0 Å². The first-order valence-electron chi connectivity index (χ1n) is 8.32. The standard InChI is InChI=1S/C17H26N2O2/c1-12(20)18-11-13-4-6-19(7-5-13)17(21)10-16-9-14-2-3-15(16)8-14/h2-3,13-16H,4-11H2,1H3,(H,18,20)/t14-,15+,16+/m1/s1. The van der Waals surface area contributed by atoms with Gasteiger partial charge in [-0.05, 0) is 49.4 Å². The van der Waals surface area contributed by atoms with Gasteiger partial charge in [0.05, 0.1) is 0 Å². The maximum Gasteiger partial charge on any atom is 0.222 e. The van der Waals surface area contributed by atoms with Gasteiger partial charge in [-0.25, -0.2) is 0 Å². The van der Waals surface area contributed by atoms with Gasteiger partial charge in [-0.2, -0.15) is 0 Å². The monoisotopic (exact) mass is 290 g/mol. The number of amides is 2. The zero-order valence-corrected chi connectivity index (χ0v) is 12.9. The van der Waals surface area contributed by atoms with Crippen LogP contribution in [0.15, 0.2) is 12.2 Å². The summed E-state index contributed by atoms with van der Waals surface area (Å²) in [5.74, 6) is 2.91. The molecule has 2 aliphatic carbocycles. The topological polar surface area (TPSA) is 49.4 Å². The Morgan fingerprint density at radius 1 is 1.19 bits per heavy atom. The van der Waals surface area contributed by atoms with Crippen LogP contribution in [0.3, 0.4) is 0 Å². The van der Waals surface area contributed by atoms with Crippen molar-refractivity contribution in [2.45, 2.75) is 39.0 Å². The number of allylic oxidation sites excluding steroid dienone is 2. The fourth-order valence-corrected chi connectivity index (χ4v) is 4.16. The lowest BCUT2D eigenvalue weighted by Crippen LogP contribution is -2.42. The fraction of sp³-hybridized carbons (Fsp3) is 0.765. The van der Waals surface area contributed by atoms with E-state index < -0.39 is 0 Å². The van der Waals surface area contributed by atoms with Gasteiger partial charge in [-0.3, -0.25) is 9.59 Å². The van der Waals surface area contributed by atoms with Gasteiger partial charge < -0.3 is 10.2 Å². The van der Waals surface area contributed by atoms with E-state index >= 15 is 0 Å². The van der Waals surface area contributed by atoms with Gasteiger partial charge in [0, 0.05) is 33.0 Å². The second kappa shape index (κ2) is 6.20. The molecule has 1 aliphatic heterocycles. The number of likely N-dealkylation sites (tertiary alicyclic amines) is 1. The van der Waals surface area contributed by atoms with Gasteiger partial charge >= 0.3 is 0 Å². The number of fused-ring (bicyclic) bond motifs is 2. The predicted octanol–water partition coefficient (Wildman–Crippen LogP) is 1.96. The molecule has 1 N–H and O–H groups in total. The molecular weight excluding hydrogens is 264 g/mol. The number of hydrogen-bond acceptors (Lipinski definition) is 2. The molecule has 0 spiro atoms. The minimum absolute atomic E-state index is 0.0397. The zero-order valence-electron chi connectivity index (χ0n) is 12.9. The Bertz CT molecular complexity index is 438. The van der Waals surface area contributed by atoms with Crippen LogP contribution >= 0.6 is 0 Å². The first-order chi connectivity index (χ1) is 10.1. The normalized spacial score (nSPS) is 31.7. The summed E-state index contributed by atoms with van der Waals surface area (Å²) in [7, 11) is 0. The maximum absolute atomic E-state index is 12.4. The summed E-state index contributed by atoms with van der Waals surface area (Å²) in [5, 5.41) is 2.89. The van der Waals surface area contributed by atoms with Crippen molar-refractivity contribution in [3.05, 3.63) is 12.2 Å². The number of hydrogen-bond donors (Lipinski definition) is 1. The molecule has 3 rings (SSSR count). The quantitative estimate of drug-likeness (QED) is 0.805. The summed E-state index contributed by atoms with van der Waals surface area (Å²) in [5.41, 5.74) is 0. The Labute approximate surface area is 127 Å². The number of piperidine rings is 1. The molecule has 0 aromatic rings. The maximum atomic E-state index is 12.4. The zero-order chi connectivity index (χ0) is 14.8. The summed E-state index contributed by atoms with van der Waals surface area (Å²) >= 11 is 0. The highest BCUT2D eigenvalue weighted by Crippen LogP contribution is 2.45. The highest BCUT2D eigenvalue weighted by molar-refractivity contribution is 5.76. The Balaban J connectivity index is 1.41. The van der Waals surface area contributed by atoms with Crippen molar-refractivity contribution in [1.82, 2.24) is 10.2 Å². The van der Waals surface area contributed by atoms with Gasteiger partial charge in [0.2, 0.25) is 11.8 Å². The molecule has 21 heavy (non-hydrogen) atoms. The summed E-state index contributed by atoms with van der Waals surface area (Å²) in [4.78, 5) is 25.4. The molecule has 1 heterocycles. The summed E-state index contributed by atoms with van der Waals surface area (Å²) in [6.07, 6.45) is 9.92. The molecule has 2 fully saturated rings. The second-order valence-electron chi connectivity index (χ2n) is 7.01. The number of rotatable bonds is 4. The molecule has 3 aliphatic rings. The lowest BCUT2D eigenvalue weighted by atomic mass is 9.89. The number of nitrogens with one attached hydrogen (secondary N) is 1. The van der Waals surface area contributed by atoms with Crippen molar-refractivity contribution in [2.75, 3.05) is 19.6 Å². The van der Waals surface area contributed by atoms with Gasteiger partial charge in [0.15, 0.2) is 0 Å².